The van der Waals surface area contributed by atoms with Gasteiger partial charge in [0.05, 0.1) is 12.1 Å². The molecule has 6 heteroatoms. The molecular formula is C14H19NO3S2. The number of thiophene rings is 1. The SMILES string of the molecule is O=S(=O)(c1cccs1)N1C[C@H]2CC[C@H]1[C@@H]2OCC1CC1. The van der Waals surface area contributed by atoms with Gasteiger partial charge in [-0.25, -0.2) is 8.42 Å². The van der Waals surface area contributed by atoms with E-state index in [0.717, 1.165) is 25.4 Å². The maximum atomic E-state index is 12.7. The summed E-state index contributed by atoms with van der Waals surface area (Å²) in [5.41, 5.74) is 0. The molecule has 3 atom stereocenters. The molecule has 1 aliphatic heterocycles. The molecule has 3 aliphatic rings. The number of rotatable bonds is 5. The Bertz CT molecular complexity index is 580. The molecular weight excluding hydrogens is 294 g/mol. The summed E-state index contributed by atoms with van der Waals surface area (Å²) in [5.74, 6) is 1.13. The van der Waals surface area contributed by atoms with Crippen molar-refractivity contribution in [1.82, 2.24) is 4.31 Å². The van der Waals surface area contributed by atoms with Crippen LogP contribution < -0.4 is 0 Å². The normalized spacial score (nSPS) is 33.9. The third-order valence-corrected chi connectivity index (χ3v) is 8.00. The molecule has 3 fully saturated rings. The maximum Gasteiger partial charge on any atom is 0.252 e. The quantitative estimate of drug-likeness (QED) is 0.838. The molecule has 4 nitrogen and oxygen atoms in total. The van der Waals surface area contributed by atoms with Crippen molar-refractivity contribution in [2.45, 2.75) is 42.0 Å². The standard InChI is InChI=1S/C14H19NO3S2/c16-20(17,13-2-1-7-19-13)15-8-11-5-6-12(15)14(11)18-9-10-3-4-10/h1-2,7,10-12,14H,3-6,8-9H2/t11-,12+,14-/m1/s1. The van der Waals surface area contributed by atoms with Crippen LogP contribution in [0.2, 0.25) is 0 Å². The predicted octanol–water partition coefficient (Wildman–Crippen LogP) is 2.33. The molecule has 0 N–H and O–H groups in total. The van der Waals surface area contributed by atoms with Gasteiger partial charge in [-0.05, 0) is 43.0 Å². The van der Waals surface area contributed by atoms with Crippen molar-refractivity contribution in [1.29, 1.82) is 0 Å². The Balaban J connectivity index is 1.53. The van der Waals surface area contributed by atoms with E-state index in [9.17, 15) is 8.42 Å². The largest absolute Gasteiger partial charge is 0.376 e. The van der Waals surface area contributed by atoms with Gasteiger partial charge in [-0.3, -0.25) is 0 Å². The van der Waals surface area contributed by atoms with E-state index in [-0.39, 0.29) is 12.1 Å². The zero-order valence-electron chi connectivity index (χ0n) is 11.3. The van der Waals surface area contributed by atoms with Crippen LogP contribution in [0, 0.1) is 11.8 Å². The fourth-order valence-electron chi connectivity index (χ4n) is 3.48. The molecule has 0 radical (unpaired) electrons. The number of hydrogen-bond donors (Lipinski definition) is 0. The molecule has 1 aromatic rings. The van der Waals surface area contributed by atoms with Gasteiger partial charge < -0.3 is 4.74 Å². The van der Waals surface area contributed by atoms with E-state index in [1.807, 2.05) is 5.38 Å². The Hall–Kier alpha value is -0.430. The van der Waals surface area contributed by atoms with Crippen LogP contribution in [0.25, 0.3) is 0 Å². The smallest absolute Gasteiger partial charge is 0.252 e. The first kappa shape index (κ1) is 13.2. The van der Waals surface area contributed by atoms with Gasteiger partial charge in [0.25, 0.3) is 10.0 Å². The molecule has 2 aliphatic carbocycles. The van der Waals surface area contributed by atoms with Gasteiger partial charge >= 0.3 is 0 Å². The summed E-state index contributed by atoms with van der Waals surface area (Å²) in [4.78, 5) is 0. The minimum absolute atomic E-state index is 0.0610. The van der Waals surface area contributed by atoms with Gasteiger partial charge in [0, 0.05) is 19.1 Å². The second kappa shape index (κ2) is 4.80. The van der Waals surface area contributed by atoms with Crippen molar-refractivity contribution in [3.05, 3.63) is 17.5 Å². The number of piperidine rings is 1. The number of ether oxygens (including phenoxy) is 1. The fraction of sp³-hybridized carbons (Fsp3) is 0.714. The van der Waals surface area contributed by atoms with E-state index >= 15 is 0 Å². The van der Waals surface area contributed by atoms with Gasteiger partial charge in [0.2, 0.25) is 0 Å². The van der Waals surface area contributed by atoms with E-state index < -0.39 is 10.0 Å². The van der Waals surface area contributed by atoms with Crippen molar-refractivity contribution in [3.63, 3.8) is 0 Å². The highest BCUT2D eigenvalue weighted by molar-refractivity contribution is 7.91. The number of sulfonamides is 1. The van der Waals surface area contributed by atoms with Gasteiger partial charge in [-0.15, -0.1) is 11.3 Å². The topological polar surface area (TPSA) is 46.6 Å². The van der Waals surface area contributed by atoms with E-state index in [2.05, 4.69) is 0 Å². The first-order chi connectivity index (χ1) is 9.66. The number of hydrogen-bond acceptors (Lipinski definition) is 4. The summed E-state index contributed by atoms with van der Waals surface area (Å²) in [7, 11) is -3.31. The molecule has 110 valence electrons. The zero-order valence-corrected chi connectivity index (χ0v) is 12.9. The summed E-state index contributed by atoms with van der Waals surface area (Å²) < 4.78 is 33.5. The average Bonchev–Trinajstić information content (AvgIpc) is 2.90. The lowest BCUT2D eigenvalue weighted by Gasteiger charge is -2.25. The van der Waals surface area contributed by atoms with Gasteiger partial charge in [0.15, 0.2) is 0 Å². The van der Waals surface area contributed by atoms with Gasteiger partial charge in [0.1, 0.15) is 4.21 Å². The summed E-state index contributed by atoms with van der Waals surface area (Å²) in [5, 5.41) is 1.82. The summed E-state index contributed by atoms with van der Waals surface area (Å²) in [6, 6.07) is 3.56. The molecule has 2 bridgehead atoms. The maximum absolute atomic E-state index is 12.7. The first-order valence-electron chi connectivity index (χ1n) is 7.33. The summed E-state index contributed by atoms with van der Waals surface area (Å²) in [6.45, 7) is 1.46. The zero-order chi connectivity index (χ0) is 13.7. The van der Waals surface area contributed by atoms with Crippen LogP contribution in [0.4, 0.5) is 0 Å². The van der Waals surface area contributed by atoms with Crippen LogP contribution in [-0.4, -0.2) is 38.0 Å². The molecule has 1 saturated heterocycles. The van der Waals surface area contributed by atoms with E-state index in [0.29, 0.717) is 16.7 Å². The van der Waals surface area contributed by atoms with E-state index in [1.54, 1.807) is 16.4 Å². The lowest BCUT2D eigenvalue weighted by atomic mass is 10.1. The average molecular weight is 313 g/mol. The molecule has 2 saturated carbocycles. The van der Waals surface area contributed by atoms with Crippen LogP contribution in [-0.2, 0) is 14.8 Å². The fourth-order valence-corrected chi connectivity index (χ4v) is 6.32. The van der Waals surface area contributed by atoms with Crippen LogP contribution in [0.1, 0.15) is 25.7 Å². The highest BCUT2D eigenvalue weighted by Gasteiger charge is 2.52. The Morgan fingerprint density at radius 3 is 2.85 bits per heavy atom. The summed E-state index contributed by atoms with van der Waals surface area (Å²) in [6.07, 6.45) is 4.74. The van der Waals surface area contributed by atoms with Crippen molar-refractivity contribution in [2.24, 2.45) is 11.8 Å². The Labute approximate surface area is 123 Å². The van der Waals surface area contributed by atoms with Crippen molar-refractivity contribution in [3.8, 4) is 0 Å². The van der Waals surface area contributed by atoms with E-state index in [1.165, 1.54) is 24.2 Å². The molecule has 0 spiro atoms. The first-order valence-corrected chi connectivity index (χ1v) is 9.65. The van der Waals surface area contributed by atoms with Crippen LogP contribution in [0.5, 0.6) is 0 Å². The van der Waals surface area contributed by atoms with Crippen molar-refractivity contribution >= 4 is 21.4 Å². The molecule has 0 aromatic carbocycles. The number of fused-ring (bicyclic) bond motifs is 2. The highest BCUT2D eigenvalue weighted by Crippen LogP contribution is 2.44. The molecule has 4 rings (SSSR count). The highest BCUT2D eigenvalue weighted by atomic mass is 32.2. The Morgan fingerprint density at radius 1 is 1.30 bits per heavy atom. The van der Waals surface area contributed by atoms with Gasteiger partial charge in [-0.2, -0.15) is 4.31 Å². The minimum atomic E-state index is -3.31. The second-order valence-electron chi connectivity index (χ2n) is 6.15. The molecule has 1 aromatic heterocycles. The van der Waals surface area contributed by atoms with Crippen LogP contribution >= 0.6 is 11.3 Å². The minimum Gasteiger partial charge on any atom is -0.376 e. The molecule has 2 heterocycles. The molecule has 20 heavy (non-hydrogen) atoms. The third kappa shape index (κ3) is 2.13. The molecule has 0 unspecified atom stereocenters. The Kier molecular flexibility index (Phi) is 3.18. The molecule has 0 amide bonds. The van der Waals surface area contributed by atoms with Crippen molar-refractivity contribution in [2.75, 3.05) is 13.2 Å². The second-order valence-corrected chi connectivity index (χ2v) is 9.22. The van der Waals surface area contributed by atoms with E-state index in [4.69, 9.17) is 4.74 Å². The lowest BCUT2D eigenvalue weighted by Crippen LogP contribution is -2.39. The van der Waals surface area contributed by atoms with Gasteiger partial charge in [-0.1, -0.05) is 6.07 Å². The monoisotopic (exact) mass is 313 g/mol. The lowest BCUT2D eigenvalue weighted by molar-refractivity contribution is 0.0272. The van der Waals surface area contributed by atoms with Crippen molar-refractivity contribution < 1.29 is 13.2 Å². The van der Waals surface area contributed by atoms with Crippen LogP contribution in [0.15, 0.2) is 21.7 Å². The van der Waals surface area contributed by atoms with Crippen LogP contribution in [0.3, 0.4) is 0 Å². The summed E-state index contributed by atoms with van der Waals surface area (Å²) >= 11 is 1.30. The number of nitrogens with zero attached hydrogens (tertiary/aromatic N) is 1. The Morgan fingerprint density at radius 2 is 2.15 bits per heavy atom. The third-order valence-electron chi connectivity index (χ3n) is 4.74. The predicted molar refractivity (Wildman–Crippen MR) is 77.2 cm³/mol.